The van der Waals surface area contributed by atoms with Crippen molar-refractivity contribution in [2.24, 2.45) is 5.10 Å². The average Bonchev–Trinajstić information content (AvgIpc) is 2.77. The molecule has 0 bridgehead atoms. The molecule has 2 aromatic rings. The number of hydrogen-bond donors (Lipinski definition) is 2. The molecule has 0 radical (unpaired) electrons. The zero-order valence-electron chi connectivity index (χ0n) is 10.1. The van der Waals surface area contributed by atoms with Gasteiger partial charge in [-0.3, -0.25) is 5.43 Å². The van der Waals surface area contributed by atoms with Crippen LogP contribution in [0.2, 0.25) is 5.02 Å². The normalized spacial score (nSPS) is 10.8. The Labute approximate surface area is 119 Å². The van der Waals surface area contributed by atoms with Crippen LogP contribution in [0.1, 0.15) is 20.8 Å². The van der Waals surface area contributed by atoms with Gasteiger partial charge in [0.05, 0.1) is 22.5 Å². The fraction of sp³-hybridized carbons (Fsp3) is 0.0769. The number of aromatic carboxylic acids is 1. The molecule has 0 saturated carbocycles. The van der Waals surface area contributed by atoms with Crippen molar-refractivity contribution in [1.82, 2.24) is 0 Å². The van der Waals surface area contributed by atoms with E-state index >= 15 is 0 Å². The van der Waals surface area contributed by atoms with Crippen LogP contribution in [-0.4, -0.2) is 17.3 Å². The van der Waals surface area contributed by atoms with Crippen LogP contribution in [0, 0.1) is 6.92 Å². The van der Waals surface area contributed by atoms with Gasteiger partial charge in [0, 0.05) is 4.88 Å². The van der Waals surface area contributed by atoms with Gasteiger partial charge in [-0.1, -0.05) is 11.6 Å². The summed E-state index contributed by atoms with van der Waals surface area (Å²) in [7, 11) is 0. The fourth-order valence-corrected chi connectivity index (χ4v) is 2.43. The molecule has 1 aromatic heterocycles. The highest BCUT2D eigenvalue weighted by Crippen LogP contribution is 2.20. The van der Waals surface area contributed by atoms with Gasteiger partial charge in [-0.15, -0.1) is 11.3 Å². The Morgan fingerprint density at radius 2 is 2.26 bits per heavy atom. The molecule has 0 aliphatic rings. The monoisotopic (exact) mass is 294 g/mol. The number of thiophene rings is 1. The molecule has 0 atom stereocenters. The minimum Gasteiger partial charge on any atom is -0.478 e. The summed E-state index contributed by atoms with van der Waals surface area (Å²) in [6, 6.07) is 6.66. The Balaban J connectivity index is 2.12. The number of carboxylic acid groups (broad SMARTS) is 1. The quantitative estimate of drug-likeness (QED) is 0.665. The van der Waals surface area contributed by atoms with Crippen LogP contribution in [0.4, 0.5) is 5.69 Å². The van der Waals surface area contributed by atoms with E-state index in [0.717, 1.165) is 10.4 Å². The van der Waals surface area contributed by atoms with Crippen molar-refractivity contribution in [3.63, 3.8) is 0 Å². The van der Waals surface area contributed by atoms with Crippen molar-refractivity contribution in [1.29, 1.82) is 0 Å². The highest BCUT2D eigenvalue weighted by Gasteiger charge is 2.08. The number of hydrazone groups is 1. The van der Waals surface area contributed by atoms with Crippen molar-refractivity contribution in [2.45, 2.75) is 6.92 Å². The number of rotatable bonds is 4. The molecule has 1 aromatic carbocycles. The van der Waals surface area contributed by atoms with Gasteiger partial charge in [-0.2, -0.15) is 5.10 Å². The summed E-state index contributed by atoms with van der Waals surface area (Å²) < 4.78 is 0. The number of halogens is 1. The smallest absolute Gasteiger partial charge is 0.337 e. The molecule has 0 fully saturated rings. The summed E-state index contributed by atoms with van der Waals surface area (Å²) in [5, 5.41) is 15.2. The first kappa shape index (κ1) is 13.6. The SMILES string of the molecule is Cc1ccsc1/C=N/Nc1ccc(Cl)c(C(=O)O)c1. The second-order valence-electron chi connectivity index (χ2n) is 3.84. The molecule has 0 amide bonds. The molecule has 0 aliphatic heterocycles. The fourth-order valence-electron chi connectivity index (χ4n) is 1.44. The van der Waals surface area contributed by atoms with E-state index in [1.54, 1.807) is 23.6 Å². The number of benzene rings is 1. The molecule has 19 heavy (non-hydrogen) atoms. The van der Waals surface area contributed by atoms with E-state index in [4.69, 9.17) is 16.7 Å². The Morgan fingerprint density at radius 3 is 2.89 bits per heavy atom. The van der Waals surface area contributed by atoms with Crippen LogP contribution in [-0.2, 0) is 0 Å². The Bertz CT molecular complexity index is 637. The van der Waals surface area contributed by atoms with Crippen LogP contribution in [0.5, 0.6) is 0 Å². The first-order valence-electron chi connectivity index (χ1n) is 5.44. The summed E-state index contributed by atoms with van der Waals surface area (Å²) in [5.74, 6) is -1.06. The van der Waals surface area contributed by atoms with Crippen molar-refractivity contribution < 1.29 is 9.90 Å². The Kier molecular flexibility index (Phi) is 4.19. The second-order valence-corrected chi connectivity index (χ2v) is 5.19. The van der Waals surface area contributed by atoms with E-state index in [1.807, 2.05) is 18.4 Å². The van der Waals surface area contributed by atoms with Gasteiger partial charge in [0.2, 0.25) is 0 Å². The van der Waals surface area contributed by atoms with Gasteiger partial charge in [0.1, 0.15) is 0 Å². The van der Waals surface area contributed by atoms with Gasteiger partial charge < -0.3 is 5.11 Å². The van der Waals surface area contributed by atoms with Crippen molar-refractivity contribution >= 4 is 40.8 Å². The summed E-state index contributed by atoms with van der Waals surface area (Å²) in [6.45, 7) is 2.00. The average molecular weight is 295 g/mol. The van der Waals surface area contributed by atoms with E-state index in [1.165, 1.54) is 12.1 Å². The molecule has 0 aliphatic carbocycles. The topological polar surface area (TPSA) is 61.7 Å². The van der Waals surface area contributed by atoms with Crippen LogP contribution in [0.3, 0.4) is 0 Å². The lowest BCUT2D eigenvalue weighted by Gasteiger charge is -2.03. The van der Waals surface area contributed by atoms with Gasteiger partial charge >= 0.3 is 5.97 Å². The number of anilines is 1. The van der Waals surface area contributed by atoms with Crippen LogP contribution >= 0.6 is 22.9 Å². The lowest BCUT2D eigenvalue weighted by atomic mass is 10.2. The number of hydrogen-bond acceptors (Lipinski definition) is 4. The third-order valence-electron chi connectivity index (χ3n) is 2.47. The van der Waals surface area contributed by atoms with E-state index in [9.17, 15) is 4.79 Å². The number of nitrogens with zero attached hydrogens (tertiary/aromatic N) is 1. The van der Waals surface area contributed by atoms with E-state index in [0.29, 0.717) is 5.69 Å². The van der Waals surface area contributed by atoms with E-state index in [-0.39, 0.29) is 10.6 Å². The van der Waals surface area contributed by atoms with Crippen molar-refractivity contribution in [3.8, 4) is 0 Å². The predicted octanol–water partition coefficient (Wildman–Crippen LogP) is 3.85. The Hall–Kier alpha value is -1.85. The molecule has 1 heterocycles. The molecule has 0 unspecified atom stereocenters. The van der Waals surface area contributed by atoms with Crippen molar-refractivity contribution in [2.75, 3.05) is 5.43 Å². The minimum atomic E-state index is -1.06. The first-order chi connectivity index (χ1) is 9.08. The maximum atomic E-state index is 10.9. The maximum absolute atomic E-state index is 10.9. The molecule has 6 heteroatoms. The zero-order valence-corrected chi connectivity index (χ0v) is 11.6. The first-order valence-corrected chi connectivity index (χ1v) is 6.69. The maximum Gasteiger partial charge on any atom is 0.337 e. The zero-order chi connectivity index (χ0) is 13.8. The standard InChI is InChI=1S/C13H11ClN2O2S/c1-8-4-5-19-12(8)7-15-16-9-2-3-11(14)10(6-9)13(17)18/h2-7,16H,1H3,(H,17,18)/b15-7+. The lowest BCUT2D eigenvalue weighted by Crippen LogP contribution is -1.99. The third kappa shape index (κ3) is 3.33. The number of carboxylic acids is 1. The highest BCUT2D eigenvalue weighted by molar-refractivity contribution is 7.11. The third-order valence-corrected chi connectivity index (χ3v) is 3.76. The summed E-state index contributed by atoms with van der Waals surface area (Å²) in [4.78, 5) is 12.0. The predicted molar refractivity (Wildman–Crippen MR) is 78.7 cm³/mol. The van der Waals surface area contributed by atoms with E-state index in [2.05, 4.69) is 10.5 Å². The molecular formula is C13H11ClN2O2S. The summed E-state index contributed by atoms with van der Waals surface area (Å²) in [6.07, 6.45) is 1.70. The number of carbonyl (C=O) groups is 1. The molecular weight excluding hydrogens is 284 g/mol. The minimum absolute atomic E-state index is 0.0502. The molecule has 4 nitrogen and oxygen atoms in total. The second kappa shape index (κ2) is 5.86. The van der Waals surface area contributed by atoms with Gasteiger partial charge in [-0.25, -0.2) is 4.79 Å². The van der Waals surface area contributed by atoms with Crippen LogP contribution in [0.25, 0.3) is 0 Å². The summed E-state index contributed by atoms with van der Waals surface area (Å²) >= 11 is 7.37. The summed E-state index contributed by atoms with van der Waals surface area (Å²) in [5.41, 5.74) is 4.56. The molecule has 2 N–H and O–H groups in total. The van der Waals surface area contributed by atoms with Crippen LogP contribution < -0.4 is 5.43 Å². The molecule has 2 rings (SSSR count). The van der Waals surface area contributed by atoms with E-state index < -0.39 is 5.97 Å². The van der Waals surface area contributed by atoms with Crippen molar-refractivity contribution in [3.05, 3.63) is 50.7 Å². The number of aryl methyl sites for hydroxylation is 1. The van der Waals surface area contributed by atoms with Gasteiger partial charge in [0.25, 0.3) is 0 Å². The molecule has 0 spiro atoms. The van der Waals surface area contributed by atoms with Gasteiger partial charge in [-0.05, 0) is 42.1 Å². The molecule has 98 valence electrons. The largest absolute Gasteiger partial charge is 0.478 e. The van der Waals surface area contributed by atoms with Crippen LogP contribution in [0.15, 0.2) is 34.7 Å². The Morgan fingerprint density at radius 1 is 1.47 bits per heavy atom. The number of nitrogens with one attached hydrogen (secondary N) is 1. The molecule has 0 saturated heterocycles. The van der Waals surface area contributed by atoms with Gasteiger partial charge in [0.15, 0.2) is 0 Å². The highest BCUT2D eigenvalue weighted by atomic mass is 35.5. The lowest BCUT2D eigenvalue weighted by molar-refractivity contribution is 0.0697.